The molecule has 3 heterocycles. The van der Waals surface area contributed by atoms with Crippen molar-refractivity contribution in [2.75, 3.05) is 41.8 Å². The van der Waals surface area contributed by atoms with Gasteiger partial charge in [-0.2, -0.15) is 0 Å². The van der Waals surface area contributed by atoms with Gasteiger partial charge < -0.3 is 33.2 Å². The van der Waals surface area contributed by atoms with Crippen LogP contribution >= 0.6 is 0 Å². The van der Waals surface area contributed by atoms with Gasteiger partial charge in [0.15, 0.2) is 23.0 Å². The molecule has 0 fully saturated rings. The topological polar surface area (TPSA) is 84.9 Å². The van der Waals surface area contributed by atoms with Gasteiger partial charge in [0.05, 0.1) is 40.5 Å². The van der Waals surface area contributed by atoms with E-state index in [1.54, 1.807) is 27.4 Å². The number of carbonyl (C=O) groups is 1. The van der Waals surface area contributed by atoms with Crippen LogP contribution in [0.2, 0.25) is 0 Å². The first-order valence-corrected chi connectivity index (χ1v) is 15.0. The normalized spacial score (nSPS) is 18.4. The largest absolute Gasteiger partial charge is 0.497 e. The molecular formula is C37H33NO8. The van der Waals surface area contributed by atoms with E-state index in [0.29, 0.717) is 52.8 Å². The Morgan fingerprint density at radius 1 is 0.870 bits per heavy atom. The van der Waals surface area contributed by atoms with Crippen molar-refractivity contribution in [3.63, 3.8) is 0 Å². The van der Waals surface area contributed by atoms with Crippen molar-refractivity contribution in [2.24, 2.45) is 0 Å². The van der Waals surface area contributed by atoms with E-state index >= 15 is 0 Å². The Hall–Kier alpha value is -5.33. The Balaban J connectivity index is 1.45. The average molecular weight is 620 g/mol. The fourth-order valence-electron chi connectivity index (χ4n) is 6.66. The molecule has 0 spiro atoms. The fourth-order valence-corrected chi connectivity index (χ4v) is 6.66. The third kappa shape index (κ3) is 4.91. The van der Waals surface area contributed by atoms with Crippen LogP contribution in [0.3, 0.4) is 0 Å². The molecule has 3 atom stereocenters. The Bertz CT molecular complexity index is 1840. The van der Waals surface area contributed by atoms with E-state index in [1.165, 1.54) is 7.11 Å². The van der Waals surface area contributed by atoms with Crippen LogP contribution in [0.5, 0.6) is 34.5 Å². The van der Waals surface area contributed by atoms with Gasteiger partial charge in [0.25, 0.3) is 0 Å². The molecule has 0 aromatic heterocycles. The molecule has 9 nitrogen and oxygen atoms in total. The molecule has 0 saturated heterocycles. The summed E-state index contributed by atoms with van der Waals surface area (Å²) in [6.07, 6.45) is -0.0484. The first kappa shape index (κ1) is 29.4. The Morgan fingerprint density at radius 2 is 1.65 bits per heavy atom. The summed E-state index contributed by atoms with van der Waals surface area (Å²) >= 11 is 0. The average Bonchev–Trinajstić information content (AvgIpc) is 3.71. The van der Waals surface area contributed by atoms with E-state index in [1.807, 2.05) is 66.7 Å². The first-order chi connectivity index (χ1) is 22.6. The number of fused-ring (bicyclic) bond motifs is 3. The van der Waals surface area contributed by atoms with Gasteiger partial charge >= 0.3 is 5.97 Å². The van der Waals surface area contributed by atoms with Crippen LogP contribution in [-0.2, 0) is 11.2 Å². The molecule has 0 amide bonds. The van der Waals surface area contributed by atoms with Crippen LogP contribution < -0.4 is 28.4 Å². The third-order valence-electron chi connectivity index (χ3n) is 8.74. The maximum Gasteiger partial charge on any atom is 0.343 e. The molecule has 7 rings (SSSR count). The highest BCUT2D eigenvalue weighted by molar-refractivity contribution is 5.98. The SMILES string of the molecule is COc1ccc(C(C#Cc2ccccc2)N2CCc3cc4c(c(OC)c3[C@H]2[C@@H]2OC(=O)c3c2ccc(OC)c3OC)OCO4)cc1. The summed E-state index contributed by atoms with van der Waals surface area (Å²) in [5.74, 6) is 9.71. The molecule has 0 N–H and O–H groups in total. The predicted octanol–water partition coefficient (Wildman–Crippen LogP) is 6.05. The van der Waals surface area contributed by atoms with E-state index < -0.39 is 24.2 Å². The number of nitrogens with zero attached hydrogens (tertiary/aromatic N) is 1. The fraction of sp³-hybridized carbons (Fsp3) is 0.270. The van der Waals surface area contributed by atoms with Crippen molar-refractivity contribution in [1.29, 1.82) is 0 Å². The van der Waals surface area contributed by atoms with E-state index in [2.05, 4.69) is 16.7 Å². The molecule has 3 aliphatic rings. The zero-order valence-electron chi connectivity index (χ0n) is 26.0. The second kappa shape index (κ2) is 12.2. The summed E-state index contributed by atoms with van der Waals surface area (Å²) in [6.45, 7) is 0.704. The number of esters is 1. The van der Waals surface area contributed by atoms with Gasteiger partial charge in [0.1, 0.15) is 17.4 Å². The summed E-state index contributed by atoms with van der Waals surface area (Å²) in [6, 6.07) is 22.5. The number of rotatable bonds is 7. The van der Waals surface area contributed by atoms with Gasteiger partial charge in [0.2, 0.25) is 12.5 Å². The molecule has 9 heteroatoms. The highest BCUT2D eigenvalue weighted by Gasteiger charge is 2.48. The quantitative estimate of drug-likeness (QED) is 0.181. The van der Waals surface area contributed by atoms with Gasteiger partial charge in [-0.3, -0.25) is 4.90 Å². The van der Waals surface area contributed by atoms with E-state index in [9.17, 15) is 4.79 Å². The highest BCUT2D eigenvalue weighted by Crippen LogP contribution is 2.57. The molecule has 1 unspecified atom stereocenters. The lowest BCUT2D eigenvalue weighted by Gasteiger charge is -2.43. The smallest absolute Gasteiger partial charge is 0.343 e. The van der Waals surface area contributed by atoms with Crippen LogP contribution in [-0.4, -0.2) is 52.6 Å². The molecular weight excluding hydrogens is 586 g/mol. The minimum Gasteiger partial charge on any atom is -0.497 e. The van der Waals surface area contributed by atoms with Crippen molar-refractivity contribution >= 4 is 5.97 Å². The second-order valence-electron chi connectivity index (χ2n) is 11.1. The van der Waals surface area contributed by atoms with E-state index in [4.69, 9.17) is 33.2 Å². The molecule has 0 bridgehead atoms. The molecule has 46 heavy (non-hydrogen) atoms. The lowest BCUT2D eigenvalue weighted by Crippen LogP contribution is -2.41. The van der Waals surface area contributed by atoms with E-state index in [-0.39, 0.29) is 6.79 Å². The minimum atomic E-state index is -0.727. The number of ether oxygens (including phenoxy) is 7. The van der Waals surface area contributed by atoms with Crippen LogP contribution in [0.15, 0.2) is 72.8 Å². The van der Waals surface area contributed by atoms with Crippen molar-refractivity contribution in [3.05, 3.63) is 106 Å². The number of methoxy groups -OCH3 is 4. The first-order valence-electron chi connectivity index (χ1n) is 15.0. The molecule has 234 valence electrons. The summed E-state index contributed by atoms with van der Waals surface area (Å²) in [7, 11) is 6.32. The lowest BCUT2D eigenvalue weighted by molar-refractivity contribution is -0.00369. The Morgan fingerprint density at radius 3 is 2.37 bits per heavy atom. The maximum atomic E-state index is 13.7. The molecule has 3 aliphatic heterocycles. The van der Waals surface area contributed by atoms with Crippen LogP contribution in [0.4, 0.5) is 0 Å². The van der Waals surface area contributed by atoms with Gasteiger partial charge in [-0.1, -0.05) is 48.2 Å². The van der Waals surface area contributed by atoms with Crippen molar-refractivity contribution in [3.8, 4) is 46.3 Å². The van der Waals surface area contributed by atoms with Crippen molar-refractivity contribution in [1.82, 2.24) is 4.90 Å². The predicted molar refractivity (Wildman–Crippen MR) is 169 cm³/mol. The van der Waals surface area contributed by atoms with Gasteiger partial charge in [-0.15, -0.1) is 0 Å². The van der Waals surface area contributed by atoms with Crippen molar-refractivity contribution < 1.29 is 38.0 Å². The third-order valence-corrected chi connectivity index (χ3v) is 8.74. The zero-order chi connectivity index (χ0) is 31.8. The van der Waals surface area contributed by atoms with Crippen LogP contribution in [0.1, 0.15) is 56.4 Å². The lowest BCUT2D eigenvalue weighted by atomic mass is 9.83. The Kier molecular flexibility index (Phi) is 7.81. The number of hydrogen-bond acceptors (Lipinski definition) is 9. The zero-order valence-corrected chi connectivity index (χ0v) is 26.0. The summed E-state index contributed by atoms with van der Waals surface area (Å²) in [5, 5.41) is 0. The molecule has 0 radical (unpaired) electrons. The molecule has 0 aliphatic carbocycles. The summed E-state index contributed by atoms with van der Waals surface area (Å²) < 4.78 is 40.7. The minimum absolute atomic E-state index is 0.0955. The summed E-state index contributed by atoms with van der Waals surface area (Å²) in [5.41, 5.74) is 4.78. The number of benzene rings is 4. The van der Waals surface area contributed by atoms with Gasteiger partial charge in [-0.25, -0.2) is 4.79 Å². The maximum absolute atomic E-state index is 13.7. The van der Waals surface area contributed by atoms with Crippen LogP contribution in [0, 0.1) is 11.8 Å². The van der Waals surface area contributed by atoms with Gasteiger partial charge in [-0.05, 0) is 53.9 Å². The summed E-state index contributed by atoms with van der Waals surface area (Å²) in [4.78, 5) is 15.9. The van der Waals surface area contributed by atoms with Crippen molar-refractivity contribution in [2.45, 2.75) is 24.6 Å². The highest BCUT2D eigenvalue weighted by atomic mass is 16.7. The van der Waals surface area contributed by atoms with Gasteiger partial charge in [0, 0.05) is 23.2 Å². The molecule has 4 aromatic carbocycles. The number of cyclic esters (lactones) is 1. The monoisotopic (exact) mass is 619 g/mol. The number of hydrogen-bond donors (Lipinski definition) is 0. The molecule has 4 aromatic rings. The Labute approximate surface area is 267 Å². The number of carbonyl (C=O) groups excluding carboxylic acids is 1. The molecule has 0 saturated carbocycles. The second-order valence-corrected chi connectivity index (χ2v) is 11.1. The standard InChI is InChI=1S/C37H33NO8/c1-40-25-13-11-23(12-14-25)27(16-10-22-8-6-5-7-9-22)38-19-18-24-20-29-35(45-21-44-29)36(43-4)30(24)32(38)33-26-15-17-28(41-2)34(42-3)31(26)37(39)46-33/h5-9,11-15,17,20,27,32-33H,18-19,21H2,1-4H3/t27?,32-,33+/m0/s1. The van der Waals surface area contributed by atoms with E-state index in [0.717, 1.165) is 28.0 Å². The van der Waals surface area contributed by atoms with Crippen LogP contribution in [0.25, 0.3) is 0 Å².